The van der Waals surface area contributed by atoms with Crippen LogP contribution < -0.4 is 0 Å². The SMILES string of the molecule is O=C(O)C1OC([N+]2(CCOC(c3ccccc3)c3ccc(Cl)cc3)CCCCC2)C(O)C(O)C1O. The summed E-state index contributed by atoms with van der Waals surface area (Å²) >= 11 is 6.08. The Bertz CT molecular complexity index is 967. The minimum Gasteiger partial charge on any atom is -0.479 e. The van der Waals surface area contributed by atoms with Gasteiger partial charge in [-0.2, -0.15) is 0 Å². The second-order valence-corrected chi connectivity index (χ2v) is 9.86. The third-order valence-corrected chi connectivity index (χ3v) is 7.43. The third kappa shape index (κ3) is 5.70. The fourth-order valence-electron chi connectivity index (χ4n) is 5.27. The highest BCUT2D eigenvalue weighted by molar-refractivity contribution is 6.30. The van der Waals surface area contributed by atoms with Gasteiger partial charge in [-0.15, -0.1) is 0 Å². The van der Waals surface area contributed by atoms with Gasteiger partial charge in [0.15, 0.2) is 12.2 Å². The molecule has 2 aliphatic heterocycles. The number of benzene rings is 2. The van der Waals surface area contributed by atoms with Crippen LogP contribution in [0.1, 0.15) is 36.5 Å². The number of rotatable bonds is 8. The second kappa shape index (κ2) is 11.3. The standard InChI is InChI=1S/C26H32ClNO7/c27-19-11-9-18(10-12-19)23(17-7-3-1-4-8-17)34-16-15-28(13-5-2-6-14-28)25-22(31)20(29)21(30)24(35-25)26(32)33/h1,3-4,7-12,20-25,29-31H,2,5-6,13-16H2/p+1. The molecule has 0 bridgehead atoms. The average molecular weight is 507 g/mol. The molecule has 2 aromatic rings. The molecule has 2 fully saturated rings. The van der Waals surface area contributed by atoms with Crippen LogP contribution in [0.4, 0.5) is 0 Å². The number of halogens is 1. The molecule has 0 aromatic heterocycles. The lowest BCUT2D eigenvalue weighted by Crippen LogP contribution is -2.72. The first kappa shape index (κ1) is 26.0. The molecule has 190 valence electrons. The molecule has 6 atom stereocenters. The quantitative estimate of drug-likeness (QED) is 0.406. The Labute approximate surface area is 209 Å². The largest absolute Gasteiger partial charge is 0.479 e. The molecule has 9 heteroatoms. The number of ether oxygens (including phenoxy) is 2. The van der Waals surface area contributed by atoms with Crippen molar-refractivity contribution in [2.24, 2.45) is 0 Å². The van der Waals surface area contributed by atoms with E-state index in [9.17, 15) is 25.2 Å². The summed E-state index contributed by atoms with van der Waals surface area (Å²) in [6.07, 6.45) is -4.88. The first-order valence-corrected chi connectivity index (χ1v) is 12.4. The molecule has 35 heavy (non-hydrogen) atoms. The van der Waals surface area contributed by atoms with Gasteiger partial charge < -0.3 is 29.9 Å². The molecule has 2 aliphatic rings. The number of quaternary nitrogens is 1. The van der Waals surface area contributed by atoms with Gasteiger partial charge in [0.2, 0.25) is 6.23 Å². The van der Waals surface area contributed by atoms with Gasteiger partial charge in [-0.05, 0) is 42.5 Å². The van der Waals surface area contributed by atoms with E-state index < -0.39 is 36.6 Å². The topological polar surface area (TPSA) is 116 Å². The van der Waals surface area contributed by atoms with Crippen LogP contribution in [0.3, 0.4) is 0 Å². The molecular formula is C26H33ClNO7+. The van der Waals surface area contributed by atoms with Crippen LogP contribution in [0, 0.1) is 0 Å². The number of carboxylic acid groups (broad SMARTS) is 1. The maximum atomic E-state index is 11.7. The van der Waals surface area contributed by atoms with E-state index in [1.54, 1.807) is 0 Å². The number of carbonyl (C=O) groups is 1. The van der Waals surface area contributed by atoms with Crippen LogP contribution in [0.2, 0.25) is 5.02 Å². The van der Waals surface area contributed by atoms with Gasteiger partial charge in [-0.25, -0.2) is 4.79 Å². The molecule has 8 nitrogen and oxygen atoms in total. The van der Waals surface area contributed by atoms with Crippen molar-refractivity contribution >= 4 is 17.6 Å². The van der Waals surface area contributed by atoms with Crippen molar-refractivity contribution in [3.63, 3.8) is 0 Å². The predicted molar refractivity (Wildman–Crippen MR) is 129 cm³/mol. The van der Waals surface area contributed by atoms with Crippen molar-refractivity contribution in [1.29, 1.82) is 0 Å². The molecule has 0 amide bonds. The number of aliphatic hydroxyl groups is 3. The van der Waals surface area contributed by atoms with E-state index in [1.165, 1.54) is 0 Å². The number of carboxylic acids is 1. The first-order chi connectivity index (χ1) is 16.8. The van der Waals surface area contributed by atoms with Gasteiger partial charge in [0.1, 0.15) is 24.9 Å². The van der Waals surface area contributed by atoms with E-state index in [2.05, 4.69) is 0 Å². The number of aliphatic hydroxyl groups excluding tert-OH is 3. The molecule has 0 spiro atoms. The Morgan fingerprint density at radius 1 is 0.943 bits per heavy atom. The first-order valence-electron chi connectivity index (χ1n) is 12.0. The van der Waals surface area contributed by atoms with Crippen LogP contribution in [0.15, 0.2) is 54.6 Å². The highest BCUT2D eigenvalue weighted by Crippen LogP contribution is 2.33. The molecule has 0 radical (unpaired) electrons. The summed E-state index contributed by atoms with van der Waals surface area (Å²) in [5.41, 5.74) is 1.93. The summed E-state index contributed by atoms with van der Waals surface area (Å²) in [6.45, 7) is 2.06. The molecule has 0 aliphatic carbocycles. The Morgan fingerprint density at radius 3 is 2.20 bits per heavy atom. The normalized spacial score (nSPS) is 29.4. The van der Waals surface area contributed by atoms with Gasteiger partial charge in [0.25, 0.3) is 0 Å². The third-order valence-electron chi connectivity index (χ3n) is 7.17. The highest BCUT2D eigenvalue weighted by Gasteiger charge is 2.55. The molecule has 2 aromatic carbocycles. The van der Waals surface area contributed by atoms with Crippen molar-refractivity contribution in [1.82, 2.24) is 0 Å². The monoisotopic (exact) mass is 506 g/mol. The zero-order valence-electron chi connectivity index (χ0n) is 19.4. The van der Waals surface area contributed by atoms with Gasteiger partial charge in [0.05, 0.1) is 19.7 Å². The molecule has 4 N–H and O–H groups in total. The molecule has 6 unspecified atom stereocenters. The Kier molecular flexibility index (Phi) is 8.44. The summed E-state index contributed by atoms with van der Waals surface area (Å²) < 4.78 is 12.4. The van der Waals surface area contributed by atoms with Gasteiger partial charge >= 0.3 is 5.97 Å². The van der Waals surface area contributed by atoms with Crippen molar-refractivity contribution in [3.8, 4) is 0 Å². The number of likely N-dealkylation sites (tertiary alicyclic amines) is 1. The molecule has 0 saturated carbocycles. The second-order valence-electron chi connectivity index (χ2n) is 9.42. The lowest BCUT2D eigenvalue weighted by atomic mass is 9.94. The number of nitrogens with zero attached hydrogens (tertiary/aromatic N) is 1. The number of piperidine rings is 1. The van der Waals surface area contributed by atoms with Gasteiger partial charge in [-0.3, -0.25) is 4.48 Å². The summed E-state index contributed by atoms with van der Waals surface area (Å²) in [7, 11) is 0. The maximum Gasteiger partial charge on any atom is 0.335 e. The van der Waals surface area contributed by atoms with Crippen LogP contribution in [0.5, 0.6) is 0 Å². The number of hydrogen-bond donors (Lipinski definition) is 4. The smallest absolute Gasteiger partial charge is 0.335 e. The van der Waals surface area contributed by atoms with E-state index >= 15 is 0 Å². The Morgan fingerprint density at radius 2 is 1.57 bits per heavy atom. The highest BCUT2D eigenvalue weighted by atomic mass is 35.5. The van der Waals surface area contributed by atoms with E-state index in [0.717, 1.165) is 30.4 Å². The summed E-state index contributed by atoms with van der Waals surface area (Å²) in [6, 6.07) is 17.3. The molecule has 4 rings (SSSR count). The van der Waals surface area contributed by atoms with Crippen LogP contribution in [-0.4, -0.2) is 87.8 Å². The van der Waals surface area contributed by atoms with Gasteiger partial charge in [-0.1, -0.05) is 54.1 Å². The van der Waals surface area contributed by atoms with Crippen LogP contribution in [0.25, 0.3) is 0 Å². The van der Waals surface area contributed by atoms with E-state index in [1.807, 2.05) is 54.6 Å². The molecular weight excluding hydrogens is 474 g/mol. The number of hydrogen-bond acceptors (Lipinski definition) is 6. The van der Waals surface area contributed by atoms with Crippen LogP contribution >= 0.6 is 11.6 Å². The van der Waals surface area contributed by atoms with Crippen LogP contribution in [-0.2, 0) is 14.3 Å². The molecule has 2 heterocycles. The minimum absolute atomic E-state index is 0.261. The van der Waals surface area contributed by atoms with Crippen molar-refractivity contribution in [3.05, 3.63) is 70.7 Å². The summed E-state index contributed by atoms with van der Waals surface area (Å²) in [5, 5.41) is 41.5. The van der Waals surface area contributed by atoms with Crippen molar-refractivity contribution < 1.29 is 39.2 Å². The minimum atomic E-state index is -1.70. The van der Waals surface area contributed by atoms with Crippen molar-refractivity contribution in [2.45, 2.75) is 56.0 Å². The lowest BCUT2D eigenvalue weighted by molar-refractivity contribution is -0.981. The summed E-state index contributed by atoms with van der Waals surface area (Å²) in [4.78, 5) is 11.7. The van der Waals surface area contributed by atoms with E-state index in [4.69, 9.17) is 21.1 Å². The predicted octanol–water partition coefficient (Wildman–Crippen LogP) is 2.34. The fraction of sp³-hybridized carbons (Fsp3) is 0.500. The van der Waals surface area contributed by atoms with E-state index in [0.29, 0.717) is 31.3 Å². The Hall–Kier alpha value is -2.04. The number of aliphatic carboxylic acids is 1. The zero-order chi connectivity index (χ0) is 25.0. The van der Waals surface area contributed by atoms with E-state index in [-0.39, 0.29) is 10.6 Å². The lowest BCUT2D eigenvalue weighted by Gasteiger charge is -2.51. The zero-order valence-corrected chi connectivity index (χ0v) is 20.2. The van der Waals surface area contributed by atoms with Crippen molar-refractivity contribution in [2.75, 3.05) is 26.2 Å². The van der Waals surface area contributed by atoms with Gasteiger partial charge in [0, 0.05) is 5.02 Å². The molecule has 2 saturated heterocycles. The summed E-state index contributed by atoms with van der Waals surface area (Å²) in [5.74, 6) is -1.37. The maximum absolute atomic E-state index is 11.7. The fourth-order valence-corrected chi connectivity index (χ4v) is 5.39. The average Bonchev–Trinajstić information content (AvgIpc) is 2.87. The Balaban J connectivity index is 1.55.